The molecule has 0 bridgehead atoms. The molecule has 2 N–H and O–H groups in total. The number of halogens is 2. The van der Waals surface area contributed by atoms with E-state index in [-0.39, 0.29) is 15.8 Å². The summed E-state index contributed by atoms with van der Waals surface area (Å²) in [5.74, 6) is 0.202. The van der Waals surface area contributed by atoms with Crippen molar-refractivity contribution in [3.63, 3.8) is 0 Å². The van der Waals surface area contributed by atoms with Crippen molar-refractivity contribution in [3.05, 3.63) is 27.2 Å². The van der Waals surface area contributed by atoms with E-state index in [0.29, 0.717) is 35.8 Å². The van der Waals surface area contributed by atoms with Crippen LogP contribution in [0.3, 0.4) is 0 Å². The maximum absolute atomic E-state index is 12.9. The van der Waals surface area contributed by atoms with Crippen molar-refractivity contribution in [1.29, 1.82) is 0 Å². The number of sulfonamides is 1. The Bertz CT molecular complexity index is 621. The molecule has 1 heterocycles. The smallest absolute Gasteiger partial charge is 0.244 e. The van der Waals surface area contributed by atoms with E-state index in [1.807, 2.05) is 0 Å². The topological polar surface area (TPSA) is 63.4 Å². The van der Waals surface area contributed by atoms with Crippen molar-refractivity contribution in [2.45, 2.75) is 31.6 Å². The molecule has 0 amide bonds. The Morgan fingerprint density at radius 3 is 2.67 bits per heavy atom. The van der Waals surface area contributed by atoms with Gasteiger partial charge in [-0.25, -0.2) is 8.42 Å². The number of aryl methyl sites for hydroxylation is 1. The summed E-state index contributed by atoms with van der Waals surface area (Å²) in [6.07, 6.45) is 1.78. The Hall–Kier alpha value is -0.330. The van der Waals surface area contributed by atoms with Gasteiger partial charge in [-0.3, -0.25) is 0 Å². The first-order chi connectivity index (χ1) is 9.78. The molecule has 0 saturated carbocycles. The second-order valence-electron chi connectivity index (χ2n) is 5.55. The molecule has 1 atom stereocenters. The fourth-order valence-corrected chi connectivity index (χ4v) is 5.41. The largest absolute Gasteiger partial charge is 0.330 e. The summed E-state index contributed by atoms with van der Waals surface area (Å²) >= 11 is 12.4. The maximum Gasteiger partial charge on any atom is 0.244 e. The van der Waals surface area contributed by atoms with Crippen molar-refractivity contribution in [2.24, 2.45) is 11.7 Å². The molecule has 4 nitrogen and oxygen atoms in total. The van der Waals surface area contributed by atoms with E-state index in [4.69, 9.17) is 28.9 Å². The summed E-state index contributed by atoms with van der Waals surface area (Å²) in [6, 6.07) is 1.69. The van der Waals surface area contributed by atoms with Gasteiger partial charge in [-0.2, -0.15) is 4.31 Å². The molecular weight excluding hydrogens is 331 g/mol. The summed E-state index contributed by atoms with van der Waals surface area (Å²) in [5, 5.41) is 0.676. The molecule has 1 aromatic rings. The molecule has 0 aliphatic carbocycles. The summed E-state index contributed by atoms with van der Waals surface area (Å²) < 4.78 is 27.4. The highest BCUT2D eigenvalue weighted by Gasteiger charge is 2.33. The van der Waals surface area contributed by atoms with Crippen LogP contribution in [0.25, 0.3) is 0 Å². The number of piperidine rings is 1. The van der Waals surface area contributed by atoms with E-state index in [1.165, 1.54) is 4.31 Å². The van der Waals surface area contributed by atoms with Gasteiger partial charge in [0.15, 0.2) is 0 Å². The third kappa shape index (κ3) is 3.22. The highest BCUT2D eigenvalue weighted by molar-refractivity contribution is 7.89. The molecule has 1 aliphatic rings. The number of benzene rings is 1. The van der Waals surface area contributed by atoms with Gasteiger partial charge in [0.25, 0.3) is 0 Å². The predicted molar refractivity (Wildman–Crippen MR) is 86.5 cm³/mol. The molecule has 7 heteroatoms. The molecular formula is C14H20Cl2N2O2S. The van der Waals surface area contributed by atoms with Gasteiger partial charge in [-0.1, -0.05) is 23.2 Å². The molecule has 1 aromatic carbocycles. The van der Waals surface area contributed by atoms with Crippen LogP contribution in [0.1, 0.15) is 24.0 Å². The first-order valence-corrected chi connectivity index (χ1v) is 9.14. The third-order valence-electron chi connectivity index (χ3n) is 4.00. The van der Waals surface area contributed by atoms with Crippen LogP contribution in [-0.2, 0) is 10.0 Å². The van der Waals surface area contributed by atoms with Gasteiger partial charge in [-0.05, 0) is 56.3 Å². The monoisotopic (exact) mass is 350 g/mol. The number of hydrogen-bond donors (Lipinski definition) is 1. The molecule has 0 spiro atoms. The normalized spacial score (nSPS) is 20.7. The Morgan fingerprint density at radius 2 is 2.05 bits per heavy atom. The van der Waals surface area contributed by atoms with Gasteiger partial charge in [0.05, 0.1) is 5.02 Å². The lowest BCUT2D eigenvalue weighted by molar-refractivity contribution is 0.271. The zero-order valence-corrected chi connectivity index (χ0v) is 14.5. The first kappa shape index (κ1) is 17.0. The van der Waals surface area contributed by atoms with E-state index >= 15 is 0 Å². The van der Waals surface area contributed by atoms with Crippen molar-refractivity contribution in [2.75, 3.05) is 19.6 Å². The van der Waals surface area contributed by atoms with Crippen LogP contribution in [0.5, 0.6) is 0 Å². The molecule has 1 aliphatic heterocycles. The predicted octanol–water partition coefficient (Wildman–Crippen LogP) is 2.97. The number of nitrogens with zero attached hydrogens (tertiary/aromatic N) is 1. The summed E-state index contributed by atoms with van der Waals surface area (Å²) in [7, 11) is -3.65. The lowest BCUT2D eigenvalue weighted by atomic mass is 10.0. The van der Waals surface area contributed by atoms with E-state index in [2.05, 4.69) is 0 Å². The SMILES string of the molecule is Cc1cc(Cl)c(C)c(S(=O)(=O)N2CCCC(CN)C2)c1Cl. The Morgan fingerprint density at radius 1 is 1.38 bits per heavy atom. The van der Waals surface area contributed by atoms with Crippen LogP contribution in [0.2, 0.25) is 10.0 Å². The number of hydrogen-bond acceptors (Lipinski definition) is 3. The number of nitrogens with two attached hydrogens (primary N) is 1. The molecule has 0 aromatic heterocycles. The summed E-state index contributed by atoms with van der Waals surface area (Å²) in [5.41, 5.74) is 6.85. The minimum atomic E-state index is -3.65. The lowest BCUT2D eigenvalue weighted by Crippen LogP contribution is -2.42. The first-order valence-electron chi connectivity index (χ1n) is 6.94. The van der Waals surface area contributed by atoms with E-state index in [9.17, 15) is 8.42 Å². The molecule has 0 radical (unpaired) electrons. The average molecular weight is 351 g/mol. The highest BCUT2D eigenvalue weighted by Crippen LogP contribution is 2.36. The van der Waals surface area contributed by atoms with Crippen LogP contribution in [-0.4, -0.2) is 32.4 Å². The van der Waals surface area contributed by atoms with E-state index in [0.717, 1.165) is 12.8 Å². The fraction of sp³-hybridized carbons (Fsp3) is 0.571. The molecule has 118 valence electrons. The summed E-state index contributed by atoms with van der Waals surface area (Å²) in [4.78, 5) is 0.131. The highest BCUT2D eigenvalue weighted by atomic mass is 35.5. The van der Waals surface area contributed by atoms with E-state index < -0.39 is 10.0 Å². The van der Waals surface area contributed by atoms with E-state index in [1.54, 1.807) is 19.9 Å². The molecule has 21 heavy (non-hydrogen) atoms. The van der Waals surface area contributed by atoms with Gasteiger partial charge >= 0.3 is 0 Å². The quantitative estimate of drug-likeness (QED) is 0.911. The minimum absolute atomic E-state index is 0.131. The third-order valence-corrected chi connectivity index (χ3v) is 7.03. The van der Waals surface area contributed by atoms with Gasteiger partial charge in [-0.15, -0.1) is 0 Å². The fourth-order valence-electron chi connectivity index (χ4n) is 2.69. The molecule has 1 saturated heterocycles. The van der Waals surface area contributed by atoms with Crippen molar-refractivity contribution < 1.29 is 8.42 Å². The van der Waals surface area contributed by atoms with Crippen LogP contribution >= 0.6 is 23.2 Å². The van der Waals surface area contributed by atoms with Crippen molar-refractivity contribution in [3.8, 4) is 0 Å². The number of rotatable bonds is 3. The van der Waals surface area contributed by atoms with Crippen LogP contribution < -0.4 is 5.73 Å². The second kappa shape index (κ2) is 6.42. The summed E-state index contributed by atoms with van der Waals surface area (Å²) in [6.45, 7) is 4.88. The van der Waals surface area contributed by atoms with Crippen LogP contribution in [0, 0.1) is 19.8 Å². The second-order valence-corrected chi connectivity index (χ2v) is 8.21. The zero-order valence-electron chi connectivity index (χ0n) is 12.2. The Kier molecular flexibility index (Phi) is 5.21. The van der Waals surface area contributed by atoms with Gasteiger partial charge < -0.3 is 5.73 Å². The average Bonchev–Trinajstić information content (AvgIpc) is 2.45. The Balaban J connectivity index is 2.50. The zero-order chi connectivity index (χ0) is 15.8. The minimum Gasteiger partial charge on any atom is -0.330 e. The van der Waals surface area contributed by atoms with Gasteiger partial charge in [0.2, 0.25) is 10.0 Å². The van der Waals surface area contributed by atoms with Crippen LogP contribution in [0.15, 0.2) is 11.0 Å². The van der Waals surface area contributed by atoms with Gasteiger partial charge in [0.1, 0.15) is 4.90 Å². The van der Waals surface area contributed by atoms with Crippen molar-refractivity contribution in [1.82, 2.24) is 4.31 Å². The molecule has 2 rings (SSSR count). The molecule has 1 unspecified atom stereocenters. The molecule has 1 fully saturated rings. The maximum atomic E-state index is 12.9. The lowest BCUT2D eigenvalue weighted by Gasteiger charge is -2.32. The van der Waals surface area contributed by atoms with Gasteiger partial charge in [0, 0.05) is 18.1 Å². The standard InChI is InChI=1S/C14H20Cl2N2O2S/c1-9-6-12(15)10(2)14(13(9)16)21(19,20)18-5-3-4-11(7-17)8-18/h6,11H,3-5,7-8,17H2,1-2H3. The van der Waals surface area contributed by atoms with Crippen LogP contribution in [0.4, 0.5) is 0 Å². The Labute approximate surface area is 136 Å². The van der Waals surface area contributed by atoms with Crippen molar-refractivity contribution >= 4 is 33.2 Å².